The summed E-state index contributed by atoms with van der Waals surface area (Å²) in [6, 6.07) is 1.99. The minimum absolute atomic E-state index is 0.177. The number of hydrogen-bond donors (Lipinski definition) is 0. The van der Waals surface area contributed by atoms with Crippen molar-refractivity contribution >= 4 is 33.0 Å². The van der Waals surface area contributed by atoms with Crippen molar-refractivity contribution in [1.82, 2.24) is 0 Å². The molecular weight excluding hydrogens is 248 g/mol. The highest BCUT2D eigenvalue weighted by molar-refractivity contribution is 9.10. The normalized spacial score (nSPS) is 10.9. The monoisotopic (exact) mass is 258 g/mol. The van der Waals surface area contributed by atoms with Crippen LogP contribution in [-0.2, 0) is 11.2 Å². The molecule has 0 N–H and O–H groups in total. The van der Waals surface area contributed by atoms with Crippen molar-refractivity contribution in [3.8, 4) is 0 Å². The number of thiophene rings is 1. The van der Waals surface area contributed by atoms with Gasteiger partial charge in [-0.25, -0.2) is 0 Å². The van der Waals surface area contributed by atoms with Crippen molar-refractivity contribution in [2.75, 3.05) is 0 Å². The van der Waals surface area contributed by atoms with Gasteiger partial charge in [0, 0.05) is 21.2 Å². The van der Waals surface area contributed by atoms with Crippen LogP contribution in [0.15, 0.2) is 28.1 Å². The van der Waals surface area contributed by atoms with Gasteiger partial charge in [0.15, 0.2) is 5.78 Å². The highest BCUT2D eigenvalue weighted by Gasteiger charge is 2.01. The van der Waals surface area contributed by atoms with Crippen molar-refractivity contribution < 1.29 is 4.79 Å². The van der Waals surface area contributed by atoms with Crippen LogP contribution < -0.4 is 0 Å². The molecule has 0 aliphatic heterocycles. The Kier molecular flexibility index (Phi) is 4.39. The maximum absolute atomic E-state index is 11.3. The first kappa shape index (κ1) is 10.7. The molecule has 1 nitrogen and oxygen atoms in total. The molecule has 3 heteroatoms. The van der Waals surface area contributed by atoms with E-state index in [1.165, 1.54) is 0 Å². The Morgan fingerprint density at radius 1 is 1.69 bits per heavy atom. The van der Waals surface area contributed by atoms with Gasteiger partial charge in [0.05, 0.1) is 0 Å². The summed E-state index contributed by atoms with van der Waals surface area (Å²) in [4.78, 5) is 12.4. The largest absolute Gasteiger partial charge is 0.294 e. The average molecular weight is 259 g/mol. The number of carbonyl (C=O) groups is 1. The van der Waals surface area contributed by atoms with Crippen molar-refractivity contribution in [2.45, 2.75) is 19.8 Å². The SMILES string of the molecule is CC/C=C/C(=O)Cc1cc(Br)cs1. The Labute approximate surface area is 90.6 Å². The zero-order valence-corrected chi connectivity index (χ0v) is 9.82. The number of ketones is 1. The fourth-order valence-electron chi connectivity index (χ4n) is 0.926. The van der Waals surface area contributed by atoms with Gasteiger partial charge in [-0.05, 0) is 34.5 Å². The lowest BCUT2D eigenvalue weighted by Crippen LogP contribution is -1.95. The summed E-state index contributed by atoms with van der Waals surface area (Å²) in [5.41, 5.74) is 0. The first-order chi connectivity index (χ1) is 6.22. The Morgan fingerprint density at radius 2 is 2.46 bits per heavy atom. The van der Waals surface area contributed by atoms with Crippen LogP contribution in [0.4, 0.5) is 0 Å². The van der Waals surface area contributed by atoms with Crippen molar-refractivity contribution in [3.63, 3.8) is 0 Å². The second-order valence-electron chi connectivity index (χ2n) is 2.68. The van der Waals surface area contributed by atoms with Gasteiger partial charge in [-0.2, -0.15) is 0 Å². The predicted molar refractivity (Wildman–Crippen MR) is 60.2 cm³/mol. The highest BCUT2D eigenvalue weighted by atomic mass is 79.9. The van der Waals surface area contributed by atoms with Gasteiger partial charge < -0.3 is 0 Å². The molecule has 1 rings (SSSR count). The van der Waals surface area contributed by atoms with Crippen LogP contribution in [0.5, 0.6) is 0 Å². The predicted octanol–water partition coefficient (Wildman–Crippen LogP) is 3.59. The summed E-state index contributed by atoms with van der Waals surface area (Å²) < 4.78 is 1.06. The molecule has 1 aromatic heterocycles. The Morgan fingerprint density at radius 3 is 3.00 bits per heavy atom. The van der Waals surface area contributed by atoms with Gasteiger partial charge in [0.25, 0.3) is 0 Å². The van der Waals surface area contributed by atoms with E-state index in [1.54, 1.807) is 17.4 Å². The van der Waals surface area contributed by atoms with Crippen LogP contribution in [0.3, 0.4) is 0 Å². The molecular formula is C10H11BrOS. The van der Waals surface area contributed by atoms with E-state index in [0.29, 0.717) is 6.42 Å². The molecule has 0 aromatic carbocycles. The summed E-state index contributed by atoms with van der Waals surface area (Å²) in [5, 5.41) is 1.99. The van der Waals surface area contributed by atoms with Gasteiger partial charge in [0.2, 0.25) is 0 Å². The van der Waals surface area contributed by atoms with Crippen LogP contribution in [0, 0.1) is 0 Å². The Balaban J connectivity index is 2.50. The molecule has 0 aliphatic rings. The highest BCUT2D eigenvalue weighted by Crippen LogP contribution is 2.20. The summed E-state index contributed by atoms with van der Waals surface area (Å²) >= 11 is 4.97. The second kappa shape index (κ2) is 5.35. The van der Waals surface area contributed by atoms with Crippen LogP contribution in [-0.4, -0.2) is 5.78 Å². The van der Waals surface area contributed by atoms with Crippen LogP contribution in [0.25, 0.3) is 0 Å². The molecule has 1 heterocycles. The van der Waals surface area contributed by atoms with Crippen LogP contribution in [0.2, 0.25) is 0 Å². The molecule has 0 saturated carbocycles. The second-order valence-corrected chi connectivity index (χ2v) is 4.60. The molecule has 0 saturated heterocycles. The van der Waals surface area contributed by atoms with E-state index in [1.807, 2.05) is 24.4 Å². The number of hydrogen-bond acceptors (Lipinski definition) is 2. The number of rotatable bonds is 4. The summed E-state index contributed by atoms with van der Waals surface area (Å²) in [7, 11) is 0. The number of allylic oxidation sites excluding steroid dienone is 2. The molecule has 1 aromatic rings. The topological polar surface area (TPSA) is 17.1 Å². The number of halogens is 1. The van der Waals surface area contributed by atoms with E-state index in [4.69, 9.17) is 0 Å². The van der Waals surface area contributed by atoms with Gasteiger partial charge in [0.1, 0.15) is 0 Å². The smallest absolute Gasteiger partial charge is 0.160 e. The van der Waals surface area contributed by atoms with Crippen molar-refractivity contribution in [1.29, 1.82) is 0 Å². The molecule has 0 bridgehead atoms. The lowest BCUT2D eigenvalue weighted by Gasteiger charge is -1.89. The zero-order valence-electron chi connectivity index (χ0n) is 7.42. The van der Waals surface area contributed by atoms with E-state index >= 15 is 0 Å². The summed E-state index contributed by atoms with van der Waals surface area (Å²) in [6.07, 6.45) is 4.99. The first-order valence-electron chi connectivity index (χ1n) is 4.14. The molecule has 70 valence electrons. The maximum atomic E-state index is 11.3. The van der Waals surface area contributed by atoms with Crippen molar-refractivity contribution in [3.05, 3.63) is 32.9 Å². The van der Waals surface area contributed by atoms with E-state index < -0.39 is 0 Å². The van der Waals surface area contributed by atoms with E-state index in [2.05, 4.69) is 15.9 Å². The van der Waals surface area contributed by atoms with Gasteiger partial charge in [-0.3, -0.25) is 4.79 Å². The fourth-order valence-corrected chi connectivity index (χ4v) is 2.39. The molecule has 0 fully saturated rings. The molecule has 0 unspecified atom stereocenters. The lowest BCUT2D eigenvalue weighted by molar-refractivity contribution is -0.114. The maximum Gasteiger partial charge on any atom is 0.160 e. The van der Waals surface area contributed by atoms with Gasteiger partial charge >= 0.3 is 0 Å². The Bertz CT molecular complexity index is 314. The quantitative estimate of drug-likeness (QED) is 0.755. The molecule has 0 aliphatic carbocycles. The number of carbonyl (C=O) groups excluding carboxylic acids is 1. The summed E-state index contributed by atoms with van der Waals surface area (Å²) in [5.74, 6) is 0.177. The van der Waals surface area contributed by atoms with Crippen LogP contribution in [0.1, 0.15) is 18.2 Å². The fraction of sp³-hybridized carbons (Fsp3) is 0.300. The minimum atomic E-state index is 0.177. The Hall–Kier alpha value is -0.410. The standard InChI is InChI=1S/C10H11BrOS/c1-2-3-4-9(12)6-10-5-8(11)7-13-10/h3-5,7H,2,6H2,1H3/b4-3+. The third kappa shape index (κ3) is 3.87. The minimum Gasteiger partial charge on any atom is -0.294 e. The van der Waals surface area contributed by atoms with Crippen LogP contribution >= 0.6 is 27.3 Å². The average Bonchev–Trinajstić information content (AvgIpc) is 2.48. The van der Waals surface area contributed by atoms with Gasteiger partial charge in [-0.1, -0.05) is 13.0 Å². The summed E-state index contributed by atoms with van der Waals surface area (Å²) in [6.45, 7) is 2.02. The van der Waals surface area contributed by atoms with E-state index in [9.17, 15) is 4.79 Å². The molecule has 0 radical (unpaired) electrons. The molecule has 0 atom stereocenters. The third-order valence-electron chi connectivity index (χ3n) is 1.51. The third-order valence-corrected chi connectivity index (χ3v) is 3.21. The molecule has 0 spiro atoms. The molecule has 13 heavy (non-hydrogen) atoms. The first-order valence-corrected chi connectivity index (χ1v) is 5.82. The van der Waals surface area contributed by atoms with Gasteiger partial charge in [-0.15, -0.1) is 11.3 Å². The molecule has 0 amide bonds. The van der Waals surface area contributed by atoms with E-state index in [0.717, 1.165) is 15.8 Å². The zero-order chi connectivity index (χ0) is 9.68. The lowest BCUT2D eigenvalue weighted by atomic mass is 10.2. The van der Waals surface area contributed by atoms with E-state index in [-0.39, 0.29) is 5.78 Å². The van der Waals surface area contributed by atoms with Crippen molar-refractivity contribution in [2.24, 2.45) is 0 Å².